The number of fused-ring (bicyclic) bond motifs is 2. The van der Waals surface area contributed by atoms with Gasteiger partial charge in [0.25, 0.3) is 0 Å². The molecule has 13 aromatic carbocycles. The van der Waals surface area contributed by atoms with Gasteiger partial charge in [0.05, 0.1) is 10.8 Å². The molecule has 10 nitrogen and oxygen atoms in total. The third kappa shape index (κ3) is 39.6. The van der Waals surface area contributed by atoms with Crippen molar-refractivity contribution in [3.05, 3.63) is 466 Å². The fourth-order valence-electron chi connectivity index (χ4n) is 12.8. The van der Waals surface area contributed by atoms with E-state index in [2.05, 4.69) is 465 Å². The number of hydrogen-bond donors (Lipinski definition) is 10. The quantitative estimate of drug-likeness (QED) is 0.0555. The van der Waals surface area contributed by atoms with Crippen LogP contribution in [0, 0.1) is 0 Å². The summed E-state index contributed by atoms with van der Waals surface area (Å²) < 4.78 is 0. The highest BCUT2D eigenvalue weighted by atomic mass is 16.2. The number of rotatable bonds is 11. The van der Waals surface area contributed by atoms with Crippen molar-refractivity contribution in [2.24, 2.45) is 0 Å². The van der Waals surface area contributed by atoms with Crippen molar-refractivity contribution in [3.8, 4) is 0 Å². The van der Waals surface area contributed by atoms with Crippen LogP contribution in [0.5, 0.6) is 0 Å². The zero-order valence-electron chi connectivity index (χ0n) is 76.6. The highest BCUT2D eigenvalue weighted by Crippen LogP contribution is 2.60. The molecule has 0 amide bonds. The third-order valence-corrected chi connectivity index (χ3v) is 16.9. The van der Waals surface area contributed by atoms with E-state index in [0.29, 0.717) is 17.8 Å². The van der Waals surface area contributed by atoms with Gasteiger partial charge in [0, 0.05) is 88.9 Å². The van der Waals surface area contributed by atoms with Crippen LogP contribution in [0.15, 0.2) is 382 Å². The molecular formula is C110H152O10. The molecule has 0 aliphatic heterocycles. The maximum absolute atomic E-state index is 7.00. The molecule has 0 unspecified atom stereocenters. The first kappa shape index (κ1) is 118. The van der Waals surface area contributed by atoms with Crippen LogP contribution in [0.25, 0.3) is 0 Å². The summed E-state index contributed by atoms with van der Waals surface area (Å²) in [5.74, 6) is 1.28. The van der Waals surface area contributed by atoms with Crippen molar-refractivity contribution < 1.29 is 51.1 Å². The molecule has 0 fully saturated rings. The van der Waals surface area contributed by atoms with Crippen molar-refractivity contribution in [3.63, 3.8) is 0 Å². The minimum absolute atomic E-state index is 0.309. The zero-order chi connectivity index (χ0) is 91.5. The molecule has 13 aromatic rings. The van der Waals surface area contributed by atoms with Gasteiger partial charge in [-0.05, 0) is 83.5 Å². The van der Waals surface area contributed by atoms with Gasteiger partial charge in [-0.2, -0.15) is 0 Å². The fraction of sp³-hybridized carbons (Fsp3) is 0.291. The van der Waals surface area contributed by atoms with Gasteiger partial charge in [-0.3, -0.25) is 0 Å². The molecule has 14 rings (SSSR count). The van der Waals surface area contributed by atoms with Crippen molar-refractivity contribution in [1.29, 1.82) is 0 Å². The number of aliphatic hydroxyl groups excluding tert-OH is 10. The highest BCUT2D eigenvalue weighted by molar-refractivity contribution is 5.75. The van der Waals surface area contributed by atoms with Crippen molar-refractivity contribution in [2.75, 3.05) is 71.1 Å². The van der Waals surface area contributed by atoms with E-state index in [1.807, 2.05) is 0 Å². The van der Waals surface area contributed by atoms with Crippen LogP contribution in [0.4, 0.5) is 0 Å². The minimum Gasteiger partial charge on any atom is -0.400 e. The van der Waals surface area contributed by atoms with Crippen LogP contribution < -0.4 is 0 Å². The Kier molecular flexibility index (Phi) is 80.8. The SMILES string of the molecule is CC(c1ccccc1)c1ccccc1.CC(c1ccccc1)c1ccccc1.CCC.CCC.CCC.CCC.CCC.CO.CO.CO.CO.CO.CO.CO.CO.CO.CO.c1ccc(C(c2ccccc2)c2ccccc2)cc1.c1ccc(C2(c3ccccc3)c3ccccc3C(c3ccccc3)(c3ccccc3)c3ccccc32)cc1. The summed E-state index contributed by atoms with van der Waals surface area (Å²) >= 11 is 0. The molecule has 0 heterocycles. The smallest absolute Gasteiger partial charge is 0.0708 e. The van der Waals surface area contributed by atoms with Gasteiger partial charge in [0.2, 0.25) is 0 Å². The van der Waals surface area contributed by atoms with Crippen LogP contribution in [0.2, 0.25) is 0 Å². The maximum atomic E-state index is 7.00. The molecule has 1 aliphatic carbocycles. The molecule has 0 saturated heterocycles. The van der Waals surface area contributed by atoms with E-state index in [-0.39, 0.29) is 0 Å². The summed E-state index contributed by atoms with van der Waals surface area (Å²) in [6.45, 7) is 25.7. The normalized spacial score (nSPS) is 10.0. The summed E-state index contributed by atoms with van der Waals surface area (Å²) in [5, 5.41) is 70.0. The first-order valence-electron chi connectivity index (χ1n) is 41.4. The van der Waals surface area contributed by atoms with Gasteiger partial charge >= 0.3 is 0 Å². The molecule has 120 heavy (non-hydrogen) atoms. The van der Waals surface area contributed by atoms with E-state index in [1.54, 1.807) is 0 Å². The standard InChI is InChI=1S/C38H28.C19H16.2C14H14.5C3H8.10CH4O/c1-5-17-29(18-6-1)37(30-19-7-2-8-20-30)33-25-13-15-27-35(33)38(31-21-9-3-10-22-31,32-23-11-4-12-24-32)36-28-16-14-26-34(36)37;1-4-10-16(11-5-1)19(17-12-6-2-7-13-17)18-14-8-3-9-15-18;2*1-12(13-8-4-2-5-9-13)14-10-6-3-7-11-14;5*1-3-2;10*1-2/h1-28H;1-15,19H;2*2-12H,1H3;5*3H2,1-2H3;10*2H,1H3. The topological polar surface area (TPSA) is 202 Å². The molecule has 652 valence electrons. The van der Waals surface area contributed by atoms with Crippen molar-refractivity contribution in [1.82, 2.24) is 0 Å². The largest absolute Gasteiger partial charge is 0.400 e. The van der Waals surface area contributed by atoms with Crippen LogP contribution in [-0.2, 0) is 10.8 Å². The van der Waals surface area contributed by atoms with Gasteiger partial charge in [-0.25, -0.2) is 0 Å². The first-order chi connectivity index (χ1) is 59.1. The van der Waals surface area contributed by atoms with Gasteiger partial charge < -0.3 is 51.1 Å². The Labute approximate surface area is 727 Å². The summed E-state index contributed by atoms with van der Waals surface area (Å²) in [5.41, 5.74) is 19.0. The Morgan fingerprint density at radius 1 is 0.158 bits per heavy atom. The van der Waals surface area contributed by atoms with Crippen LogP contribution in [-0.4, -0.2) is 122 Å². The molecule has 0 bridgehead atoms. The maximum Gasteiger partial charge on any atom is 0.0708 e. The Hall–Kier alpha value is -10.5. The Bertz CT molecular complexity index is 3640. The molecule has 0 spiro atoms. The lowest BCUT2D eigenvalue weighted by Crippen LogP contribution is -2.45. The predicted molar refractivity (Wildman–Crippen MR) is 519 cm³/mol. The van der Waals surface area contributed by atoms with E-state index in [9.17, 15) is 0 Å². The van der Waals surface area contributed by atoms with E-state index < -0.39 is 10.8 Å². The molecule has 0 atom stereocenters. The lowest BCUT2D eigenvalue weighted by Gasteiger charge is -2.51. The predicted octanol–water partition coefficient (Wildman–Crippen LogP) is 24.5. The Morgan fingerprint density at radius 3 is 0.383 bits per heavy atom. The zero-order valence-corrected chi connectivity index (χ0v) is 76.6. The number of aliphatic hydroxyl groups is 10. The second-order valence-corrected chi connectivity index (χ2v) is 25.3. The molecule has 10 N–H and O–H groups in total. The fourth-order valence-corrected chi connectivity index (χ4v) is 12.8. The molecule has 10 heteroatoms. The lowest BCUT2D eigenvalue weighted by atomic mass is 9.50. The number of benzene rings is 13. The second-order valence-electron chi connectivity index (χ2n) is 25.3. The average molecular weight is 1630 g/mol. The lowest BCUT2D eigenvalue weighted by molar-refractivity contribution is 0.399. The van der Waals surface area contributed by atoms with E-state index in [4.69, 9.17) is 51.1 Å². The monoisotopic (exact) mass is 1630 g/mol. The molecule has 0 aromatic heterocycles. The molecular weight excluding hydrogens is 1480 g/mol. The summed E-state index contributed by atoms with van der Waals surface area (Å²) in [7, 11) is 10.0. The summed E-state index contributed by atoms with van der Waals surface area (Å²) in [6, 6.07) is 137. The van der Waals surface area contributed by atoms with Gasteiger partial charge in [0.15, 0.2) is 0 Å². The Morgan fingerprint density at radius 2 is 0.258 bits per heavy atom. The Balaban J connectivity index is -0.000000459. The second kappa shape index (κ2) is 82.2. The van der Waals surface area contributed by atoms with Crippen LogP contribution >= 0.6 is 0 Å². The van der Waals surface area contributed by atoms with Gasteiger partial charge in [-0.15, -0.1) is 0 Å². The summed E-state index contributed by atoms with van der Waals surface area (Å²) in [6.07, 6.45) is 6.25. The van der Waals surface area contributed by atoms with Gasteiger partial charge in [0.1, 0.15) is 0 Å². The number of hydrogen-bond acceptors (Lipinski definition) is 10. The van der Waals surface area contributed by atoms with Crippen LogP contribution in [0.3, 0.4) is 0 Å². The molecule has 0 saturated carbocycles. The van der Waals surface area contributed by atoms with Crippen LogP contribution in [0.1, 0.15) is 216 Å². The minimum atomic E-state index is -0.456. The average Bonchev–Trinajstić information content (AvgIpc) is 0.675. The van der Waals surface area contributed by atoms with Gasteiger partial charge in [-0.1, -0.05) is 497 Å². The van der Waals surface area contributed by atoms with E-state index in [1.165, 1.54) is 116 Å². The highest BCUT2D eigenvalue weighted by Gasteiger charge is 2.53. The summed E-state index contributed by atoms with van der Waals surface area (Å²) in [4.78, 5) is 0. The first-order valence-corrected chi connectivity index (χ1v) is 41.4. The van der Waals surface area contributed by atoms with E-state index in [0.717, 1.165) is 71.1 Å². The van der Waals surface area contributed by atoms with E-state index >= 15 is 0 Å². The van der Waals surface area contributed by atoms with Crippen molar-refractivity contribution in [2.45, 2.75) is 144 Å². The molecule has 1 aliphatic rings. The van der Waals surface area contributed by atoms with Crippen molar-refractivity contribution >= 4 is 0 Å². The third-order valence-electron chi connectivity index (χ3n) is 16.9. The molecule has 0 radical (unpaired) electrons.